The van der Waals surface area contributed by atoms with Crippen LogP contribution in [0.2, 0.25) is 0 Å². The highest BCUT2D eigenvalue weighted by molar-refractivity contribution is 7.09. The van der Waals surface area contributed by atoms with E-state index >= 15 is 0 Å². The molecule has 0 atom stereocenters. The number of aromatic amines is 1. The maximum Gasteiger partial charge on any atom is 0.307 e. The molecule has 0 radical (unpaired) electrons. The van der Waals surface area contributed by atoms with Crippen LogP contribution in [0.4, 0.5) is 0 Å². The Morgan fingerprint density at radius 3 is 2.42 bits per heavy atom. The lowest BCUT2D eigenvalue weighted by Crippen LogP contribution is -1.95. The van der Waals surface area contributed by atoms with E-state index in [2.05, 4.69) is 4.98 Å². The normalized spacial score (nSPS) is 11.0. The second kappa shape index (κ2) is 7.84. The third-order valence-corrected chi connectivity index (χ3v) is 4.72. The first kappa shape index (κ1) is 17.7. The summed E-state index contributed by atoms with van der Waals surface area (Å²) in [6.45, 7) is 0. The molecule has 1 heterocycles. The van der Waals surface area contributed by atoms with Crippen LogP contribution < -0.4 is 9.61 Å². The van der Waals surface area contributed by atoms with E-state index in [9.17, 15) is 14.7 Å². The molecule has 2 aromatic carbocycles. The second-order valence-electron chi connectivity index (χ2n) is 5.63. The summed E-state index contributed by atoms with van der Waals surface area (Å²) >= 11 is 0.980. The molecule has 0 bridgehead atoms. The Kier molecular flexibility index (Phi) is 5.34. The van der Waals surface area contributed by atoms with Crippen LogP contribution in [-0.2, 0) is 6.42 Å². The number of carbonyl (C=O) groups excluding carboxylic acids is 1. The van der Waals surface area contributed by atoms with Crippen LogP contribution in [0.15, 0.2) is 59.4 Å². The topological polar surface area (TPSA) is 79.4 Å². The monoisotopic (exact) mass is 367 g/mol. The minimum Gasteiger partial charge on any atom is -0.497 e. The van der Waals surface area contributed by atoms with Gasteiger partial charge in [0.1, 0.15) is 5.75 Å². The van der Waals surface area contributed by atoms with Gasteiger partial charge in [0.25, 0.3) is 0 Å². The van der Waals surface area contributed by atoms with Crippen molar-refractivity contribution in [1.29, 1.82) is 0 Å². The molecule has 0 aliphatic carbocycles. The van der Waals surface area contributed by atoms with Crippen molar-refractivity contribution in [3.8, 4) is 11.6 Å². The smallest absolute Gasteiger partial charge is 0.307 e. The molecular formula is C20H17NO4S. The van der Waals surface area contributed by atoms with Crippen molar-refractivity contribution in [2.75, 3.05) is 7.11 Å². The van der Waals surface area contributed by atoms with E-state index in [0.717, 1.165) is 28.2 Å². The van der Waals surface area contributed by atoms with Gasteiger partial charge in [-0.05, 0) is 29.3 Å². The van der Waals surface area contributed by atoms with Gasteiger partial charge in [-0.1, -0.05) is 53.8 Å². The Morgan fingerprint density at radius 2 is 1.85 bits per heavy atom. The van der Waals surface area contributed by atoms with Crippen molar-refractivity contribution >= 4 is 23.2 Å². The number of ether oxygens (including phenoxy) is 1. The second-order valence-corrected chi connectivity index (χ2v) is 6.70. The van der Waals surface area contributed by atoms with Crippen molar-refractivity contribution in [1.82, 2.24) is 4.98 Å². The molecule has 3 aromatic rings. The maximum absolute atomic E-state index is 12.3. The highest BCUT2D eigenvalue weighted by Gasteiger charge is 2.08. The number of carbonyl (C=O) groups is 1. The first-order chi connectivity index (χ1) is 12.5. The van der Waals surface area contributed by atoms with E-state index in [1.165, 1.54) is 6.08 Å². The minimum absolute atomic E-state index is 0.0948. The number of nitrogens with one attached hydrogen (secondary N) is 1. The molecule has 5 nitrogen and oxygen atoms in total. The van der Waals surface area contributed by atoms with E-state index in [4.69, 9.17) is 4.74 Å². The first-order valence-corrected chi connectivity index (χ1v) is 8.73. The Balaban J connectivity index is 1.67. The van der Waals surface area contributed by atoms with Crippen LogP contribution >= 0.6 is 11.3 Å². The van der Waals surface area contributed by atoms with Crippen LogP contribution in [0.3, 0.4) is 0 Å². The SMILES string of the molecule is COc1ccc(C=CC(=O)c2ccc(Cc3sc(=O)[nH]c3O)cc2)cc1. The zero-order valence-electron chi connectivity index (χ0n) is 14.1. The maximum atomic E-state index is 12.3. The molecule has 3 rings (SSSR count). The number of ketones is 1. The minimum atomic E-state index is -0.284. The quantitative estimate of drug-likeness (QED) is 0.515. The molecule has 0 amide bonds. The lowest BCUT2D eigenvalue weighted by atomic mass is 10.0. The van der Waals surface area contributed by atoms with Crippen LogP contribution in [0.1, 0.15) is 26.4 Å². The van der Waals surface area contributed by atoms with Crippen LogP contribution in [0.5, 0.6) is 11.6 Å². The molecule has 0 spiro atoms. The van der Waals surface area contributed by atoms with Crippen molar-refractivity contribution in [3.63, 3.8) is 0 Å². The van der Waals surface area contributed by atoms with Crippen molar-refractivity contribution in [2.45, 2.75) is 6.42 Å². The summed E-state index contributed by atoms with van der Waals surface area (Å²) in [5.74, 6) is 0.576. The van der Waals surface area contributed by atoms with Gasteiger partial charge in [-0.3, -0.25) is 14.6 Å². The lowest BCUT2D eigenvalue weighted by molar-refractivity contribution is 0.104. The van der Waals surface area contributed by atoms with Gasteiger partial charge in [-0.15, -0.1) is 0 Å². The third-order valence-electron chi connectivity index (χ3n) is 3.85. The van der Waals surface area contributed by atoms with Crippen molar-refractivity contribution < 1.29 is 14.6 Å². The average Bonchev–Trinajstić information content (AvgIpc) is 2.97. The molecule has 0 saturated carbocycles. The highest BCUT2D eigenvalue weighted by atomic mass is 32.1. The van der Waals surface area contributed by atoms with Gasteiger partial charge in [0, 0.05) is 12.0 Å². The zero-order valence-corrected chi connectivity index (χ0v) is 14.9. The zero-order chi connectivity index (χ0) is 18.5. The molecule has 26 heavy (non-hydrogen) atoms. The first-order valence-electron chi connectivity index (χ1n) is 7.91. The summed E-state index contributed by atoms with van der Waals surface area (Å²) in [6, 6.07) is 14.5. The Labute approximate surface area is 154 Å². The number of hydrogen-bond donors (Lipinski definition) is 2. The van der Waals surface area contributed by atoms with E-state index in [-0.39, 0.29) is 16.5 Å². The molecule has 1 aromatic heterocycles. The van der Waals surface area contributed by atoms with Gasteiger partial charge < -0.3 is 9.84 Å². The van der Waals surface area contributed by atoms with E-state index in [1.807, 2.05) is 36.4 Å². The van der Waals surface area contributed by atoms with Crippen LogP contribution in [0, 0.1) is 0 Å². The van der Waals surface area contributed by atoms with Gasteiger partial charge in [-0.2, -0.15) is 0 Å². The Hall–Kier alpha value is -3.12. The molecule has 0 saturated heterocycles. The molecule has 0 unspecified atom stereocenters. The number of hydrogen-bond acceptors (Lipinski definition) is 5. The molecule has 2 N–H and O–H groups in total. The molecule has 132 valence electrons. The summed E-state index contributed by atoms with van der Waals surface area (Å²) < 4.78 is 5.10. The standard InChI is InChI=1S/C20H17NO4S/c1-25-16-9-4-13(5-10-16)6-11-17(22)15-7-2-14(3-8-15)12-18-19(23)21-20(24)26-18/h2-11,23H,12H2,1H3,(H,21,24). The van der Waals surface area contributed by atoms with Gasteiger partial charge >= 0.3 is 4.87 Å². The average molecular weight is 367 g/mol. The molecule has 0 aliphatic rings. The highest BCUT2D eigenvalue weighted by Crippen LogP contribution is 2.20. The summed E-state index contributed by atoms with van der Waals surface area (Å²) in [7, 11) is 1.61. The summed E-state index contributed by atoms with van der Waals surface area (Å²) in [6.07, 6.45) is 3.72. The van der Waals surface area contributed by atoms with Crippen molar-refractivity contribution in [2.24, 2.45) is 0 Å². The summed E-state index contributed by atoms with van der Waals surface area (Å²) in [5, 5.41) is 9.63. The van der Waals surface area contributed by atoms with Crippen LogP contribution in [-0.4, -0.2) is 23.0 Å². The Bertz CT molecular complexity index is 982. The number of rotatable bonds is 6. The largest absolute Gasteiger partial charge is 0.497 e. The number of H-pyrrole nitrogens is 1. The molecule has 6 heteroatoms. The van der Waals surface area contributed by atoms with Crippen molar-refractivity contribution in [3.05, 3.63) is 85.8 Å². The molecule has 0 aliphatic heterocycles. The lowest BCUT2D eigenvalue weighted by Gasteiger charge is -2.02. The summed E-state index contributed by atoms with van der Waals surface area (Å²) in [4.78, 5) is 26.1. The van der Waals surface area contributed by atoms with Crippen LogP contribution in [0.25, 0.3) is 6.08 Å². The van der Waals surface area contributed by atoms with E-state index in [0.29, 0.717) is 16.9 Å². The van der Waals surface area contributed by atoms with Gasteiger partial charge in [0.15, 0.2) is 5.78 Å². The predicted octanol–water partition coefficient (Wildman–Crippen LogP) is 3.64. The molecule has 0 fully saturated rings. The van der Waals surface area contributed by atoms with Gasteiger partial charge in [0.05, 0.1) is 12.0 Å². The summed E-state index contributed by atoms with van der Waals surface area (Å²) in [5.41, 5.74) is 2.39. The fourth-order valence-electron chi connectivity index (χ4n) is 2.43. The van der Waals surface area contributed by atoms with Gasteiger partial charge in [-0.25, -0.2) is 0 Å². The number of allylic oxidation sites excluding steroid dienone is 1. The predicted molar refractivity (Wildman–Crippen MR) is 102 cm³/mol. The van der Waals surface area contributed by atoms with Gasteiger partial charge in [0.2, 0.25) is 5.88 Å². The number of aromatic nitrogens is 1. The fourth-order valence-corrected chi connectivity index (χ4v) is 3.19. The van der Waals surface area contributed by atoms with E-state index < -0.39 is 0 Å². The number of benzene rings is 2. The number of methoxy groups -OCH3 is 1. The molecular weight excluding hydrogens is 350 g/mol. The van der Waals surface area contributed by atoms with E-state index in [1.54, 1.807) is 25.3 Å². The number of thiazole rings is 1. The number of aromatic hydroxyl groups is 1. The fraction of sp³-hybridized carbons (Fsp3) is 0.100. The Morgan fingerprint density at radius 1 is 1.15 bits per heavy atom. The third kappa shape index (κ3) is 4.29.